The molecule has 2 nitrogen and oxygen atoms in total. The minimum Gasteiger partial charge on any atom is -0.389 e. The summed E-state index contributed by atoms with van der Waals surface area (Å²) in [7, 11) is 0. The van der Waals surface area contributed by atoms with E-state index < -0.39 is 6.10 Å². The number of allylic oxidation sites excluding steroid dienone is 2. The highest BCUT2D eigenvalue weighted by Crippen LogP contribution is 2.32. The molecular formula is C15H16O2. The average molecular weight is 228 g/mol. The molecule has 0 aromatic heterocycles. The Hall–Kier alpha value is -1.67. The summed E-state index contributed by atoms with van der Waals surface area (Å²) in [6, 6.07) is 9.83. The number of hydrogen-bond acceptors (Lipinski definition) is 2. The normalized spacial score (nSPS) is 25.6. The van der Waals surface area contributed by atoms with E-state index in [1.54, 1.807) is 12.2 Å². The molecular weight excluding hydrogens is 212 g/mol. The monoisotopic (exact) mass is 228 g/mol. The first-order chi connectivity index (χ1) is 8.22. The van der Waals surface area contributed by atoms with Crippen LogP contribution < -0.4 is 0 Å². The molecule has 0 spiro atoms. The molecule has 1 aromatic carbocycles. The molecule has 0 bridgehead atoms. The second kappa shape index (κ2) is 5.11. The molecule has 88 valence electrons. The highest BCUT2D eigenvalue weighted by Gasteiger charge is 2.30. The van der Waals surface area contributed by atoms with Gasteiger partial charge in [0.15, 0.2) is 5.78 Å². The summed E-state index contributed by atoms with van der Waals surface area (Å²) in [5.74, 6) is -0.151. The second-order valence-electron chi connectivity index (χ2n) is 4.34. The van der Waals surface area contributed by atoms with Crippen molar-refractivity contribution in [3.05, 3.63) is 60.7 Å². The summed E-state index contributed by atoms with van der Waals surface area (Å²) in [5, 5.41) is 9.62. The van der Waals surface area contributed by atoms with Crippen molar-refractivity contribution >= 4 is 5.78 Å². The second-order valence-corrected chi connectivity index (χ2v) is 4.34. The van der Waals surface area contributed by atoms with Crippen LogP contribution in [0.1, 0.15) is 17.9 Å². The van der Waals surface area contributed by atoms with E-state index in [4.69, 9.17) is 0 Å². The maximum atomic E-state index is 11.9. The molecule has 1 aliphatic carbocycles. The molecule has 0 saturated heterocycles. The molecule has 1 aromatic rings. The van der Waals surface area contributed by atoms with Crippen molar-refractivity contribution in [1.29, 1.82) is 0 Å². The summed E-state index contributed by atoms with van der Waals surface area (Å²) in [6.07, 6.45) is 4.79. The zero-order valence-electron chi connectivity index (χ0n) is 9.62. The van der Waals surface area contributed by atoms with E-state index in [2.05, 4.69) is 6.58 Å². The number of aliphatic hydroxyl groups is 1. The average Bonchev–Trinajstić information content (AvgIpc) is 2.36. The van der Waals surface area contributed by atoms with Crippen molar-refractivity contribution in [1.82, 2.24) is 0 Å². The predicted octanol–water partition coefficient (Wildman–Crippen LogP) is 2.46. The van der Waals surface area contributed by atoms with E-state index in [-0.39, 0.29) is 17.6 Å². The van der Waals surface area contributed by atoms with Crippen molar-refractivity contribution in [3.63, 3.8) is 0 Å². The summed E-state index contributed by atoms with van der Waals surface area (Å²) in [5.41, 5.74) is 1.07. The van der Waals surface area contributed by atoms with Crippen LogP contribution in [0.2, 0.25) is 0 Å². The molecule has 0 aliphatic heterocycles. The minimum absolute atomic E-state index is 0.0247. The number of aliphatic hydroxyl groups excluding tert-OH is 1. The highest BCUT2D eigenvalue weighted by atomic mass is 16.3. The van der Waals surface area contributed by atoms with Crippen molar-refractivity contribution in [2.75, 3.05) is 0 Å². The number of benzene rings is 1. The van der Waals surface area contributed by atoms with Gasteiger partial charge in [0.05, 0.1) is 6.10 Å². The standard InChI is InChI=1S/C15H16O2/c1-2-13(11-6-4-3-5-7-11)14-10-12(16)8-9-15(14)17/h2-9,12-14,16H,1,10H2/t12-,13+,14-/m0/s1. The van der Waals surface area contributed by atoms with Crippen LogP contribution >= 0.6 is 0 Å². The first kappa shape index (κ1) is 11.8. The number of ketones is 1. The highest BCUT2D eigenvalue weighted by molar-refractivity contribution is 5.93. The van der Waals surface area contributed by atoms with Crippen LogP contribution in [0.5, 0.6) is 0 Å². The van der Waals surface area contributed by atoms with Crippen LogP contribution in [0.15, 0.2) is 55.1 Å². The van der Waals surface area contributed by atoms with E-state index in [0.29, 0.717) is 6.42 Å². The molecule has 1 aliphatic rings. The predicted molar refractivity (Wildman–Crippen MR) is 67.6 cm³/mol. The first-order valence-electron chi connectivity index (χ1n) is 5.80. The number of rotatable bonds is 3. The molecule has 0 radical (unpaired) electrons. The van der Waals surface area contributed by atoms with Crippen LogP contribution in [0.3, 0.4) is 0 Å². The van der Waals surface area contributed by atoms with Crippen molar-refractivity contribution in [2.45, 2.75) is 18.4 Å². The number of carbonyl (C=O) groups is 1. The third-order valence-electron chi connectivity index (χ3n) is 3.22. The Morgan fingerprint density at radius 3 is 2.71 bits per heavy atom. The SMILES string of the molecule is C=C[C@H](c1ccccc1)[C@@H]1C[C@@H](O)C=CC1=O. The van der Waals surface area contributed by atoms with Gasteiger partial charge < -0.3 is 5.11 Å². The molecule has 2 heteroatoms. The van der Waals surface area contributed by atoms with Gasteiger partial charge in [0.25, 0.3) is 0 Å². The van der Waals surface area contributed by atoms with Crippen LogP contribution in [-0.2, 0) is 4.79 Å². The summed E-state index contributed by atoms with van der Waals surface area (Å²) >= 11 is 0. The maximum Gasteiger partial charge on any atom is 0.159 e. The molecule has 2 rings (SSSR count). The molecule has 0 heterocycles. The smallest absolute Gasteiger partial charge is 0.159 e. The fraction of sp³-hybridized carbons (Fsp3) is 0.267. The summed E-state index contributed by atoms with van der Waals surface area (Å²) in [4.78, 5) is 11.9. The van der Waals surface area contributed by atoms with E-state index in [0.717, 1.165) is 5.56 Å². The molecule has 0 saturated carbocycles. The van der Waals surface area contributed by atoms with Gasteiger partial charge in [-0.25, -0.2) is 0 Å². The van der Waals surface area contributed by atoms with Crippen LogP contribution in [0.25, 0.3) is 0 Å². The van der Waals surface area contributed by atoms with Crippen LogP contribution in [-0.4, -0.2) is 17.0 Å². The molecule has 3 atom stereocenters. The van der Waals surface area contributed by atoms with Crippen LogP contribution in [0.4, 0.5) is 0 Å². The Balaban J connectivity index is 2.28. The van der Waals surface area contributed by atoms with Gasteiger partial charge in [0.2, 0.25) is 0 Å². The van der Waals surface area contributed by atoms with E-state index in [1.807, 2.05) is 30.3 Å². The van der Waals surface area contributed by atoms with Gasteiger partial charge >= 0.3 is 0 Å². The van der Waals surface area contributed by atoms with Gasteiger partial charge in [-0.05, 0) is 18.1 Å². The molecule has 0 fully saturated rings. The molecule has 1 N–H and O–H groups in total. The lowest BCUT2D eigenvalue weighted by atomic mass is 9.77. The third-order valence-corrected chi connectivity index (χ3v) is 3.22. The molecule has 17 heavy (non-hydrogen) atoms. The lowest BCUT2D eigenvalue weighted by Gasteiger charge is -2.26. The number of carbonyl (C=O) groups excluding carboxylic acids is 1. The van der Waals surface area contributed by atoms with Crippen molar-refractivity contribution < 1.29 is 9.90 Å². The minimum atomic E-state index is -0.524. The van der Waals surface area contributed by atoms with Crippen molar-refractivity contribution in [2.24, 2.45) is 5.92 Å². The Labute approximate surface area is 101 Å². The third kappa shape index (κ3) is 2.53. The lowest BCUT2D eigenvalue weighted by Crippen LogP contribution is -2.28. The molecule has 0 amide bonds. The van der Waals surface area contributed by atoms with E-state index in [1.165, 1.54) is 6.08 Å². The topological polar surface area (TPSA) is 37.3 Å². The Bertz CT molecular complexity index is 433. The summed E-state index contributed by atoms with van der Waals surface area (Å²) < 4.78 is 0. The number of hydrogen-bond donors (Lipinski definition) is 1. The molecule has 0 unspecified atom stereocenters. The van der Waals surface area contributed by atoms with Gasteiger partial charge in [0, 0.05) is 11.8 Å². The Morgan fingerprint density at radius 1 is 1.35 bits per heavy atom. The van der Waals surface area contributed by atoms with Crippen molar-refractivity contribution in [3.8, 4) is 0 Å². The zero-order chi connectivity index (χ0) is 12.3. The fourth-order valence-corrected chi connectivity index (χ4v) is 2.32. The lowest BCUT2D eigenvalue weighted by molar-refractivity contribution is -0.120. The van der Waals surface area contributed by atoms with E-state index in [9.17, 15) is 9.90 Å². The van der Waals surface area contributed by atoms with Gasteiger partial charge in [-0.1, -0.05) is 42.5 Å². The van der Waals surface area contributed by atoms with Gasteiger partial charge in [-0.15, -0.1) is 6.58 Å². The fourth-order valence-electron chi connectivity index (χ4n) is 2.32. The van der Waals surface area contributed by atoms with Crippen LogP contribution in [0, 0.1) is 5.92 Å². The van der Waals surface area contributed by atoms with Gasteiger partial charge in [0.1, 0.15) is 0 Å². The largest absolute Gasteiger partial charge is 0.389 e. The van der Waals surface area contributed by atoms with Gasteiger partial charge in [-0.3, -0.25) is 4.79 Å². The quantitative estimate of drug-likeness (QED) is 0.807. The van der Waals surface area contributed by atoms with Gasteiger partial charge in [-0.2, -0.15) is 0 Å². The first-order valence-corrected chi connectivity index (χ1v) is 5.80. The maximum absolute atomic E-state index is 11.9. The Morgan fingerprint density at radius 2 is 2.06 bits per heavy atom. The zero-order valence-corrected chi connectivity index (χ0v) is 9.62. The van der Waals surface area contributed by atoms with E-state index >= 15 is 0 Å². The Kier molecular flexibility index (Phi) is 3.55. The summed E-state index contributed by atoms with van der Waals surface area (Å²) in [6.45, 7) is 3.81.